The molecule has 2 aromatic heterocycles. The van der Waals surface area contributed by atoms with Crippen LogP contribution < -0.4 is 16.2 Å². The molecule has 2 aliphatic heterocycles. The Morgan fingerprint density at radius 2 is 1.65 bits per heavy atom. The van der Waals surface area contributed by atoms with Crippen LogP contribution in [0.2, 0.25) is 0 Å². The maximum Gasteiger partial charge on any atom is 0.317 e. The van der Waals surface area contributed by atoms with Crippen LogP contribution in [0.15, 0.2) is 41.3 Å². The Hall–Kier alpha value is -3.95. The van der Waals surface area contributed by atoms with Crippen LogP contribution >= 0.6 is 0 Å². The molecule has 0 radical (unpaired) electrons. The zero-order valence-electron chi connectivity index (χ0n) is 23.8. The van der Waals surface area contributed by atoms with Crippen LogP contribution in [-0.2, 0) is 4.79 Å². The predicted molar refractivity (Wildman–Crippen MR) is 156 cm³/mol. The smallest absolute Gasteiger partial charge is 0.317 e. The molecule has 0 aliphatic carbocycles. The van der Waals surface area contributed by atoms with Crippen LogP contribution in [0, 0.1) is 6.92 Å². The van der Waals surface area contributed by atoms with Crippen LogP contribution in [0.25, 0.3) is 22.2 Å². The van der Waals surface area contributed by atoms with E-state index < -0.39 is 0 Å². The van der Waals surface area contributed by atoms with Gasteiger partial charge in [0.2, 0.25) is 11.9 Å². The first kappa shape index (κ1) is 27.6. The Kier molecular flexibility index (Phi) is 8.04. The minimum atomic E-state index is -0.0720. The fraction of sp³-hybridized carbons (Fsp3) is 0.500. The van der Waals surface area contributed by atoms with E-state index in [1.807, 2.05) is 65.5 Å². The van der Waals surface area contributed by atoms with Crippen molar-refractivity contribution in [2.24, 2.45) is 0 Å². The van der Waals surface area contributed by atoms with Gasteiger partial charge in [-0.2, -0.15) is 4.98 Å². The van der Waals surface area contributed by atoms with Crippen LogP contribution in [0.5, 0.6) is 0 Å². The van der Waals surface area contributed by atoms with Gasteiger partial charge in [-0.25, -0.2) is 9.78 Å². The molecule has 4 heterocycles. The Labute approximate surface area is 234 Å². The average Bonchev–Trinajstić information content (AvgIpc) is 2.93. The van der Waals surface area contributed by atoms with Crippen molar-refractivity contribution in [1.82, 2.24) is 29.7 Å². The van der Waals surface area contributed by atoms with Crippen molar-refractivity contribution in [2.75, 3.05) is 31.5 Å². The molecule has 2 N–H and O–H groups in total. The topological polar surface area (TPSA) is 112 Å². The van der Waals surface area contributed by atoms with Crippen LogP contribution in [0.3, 0.4) is 0 Å². The van der Waals surface area contributed by atoms with Gasteiger partial charge in [0.1, 0.15) is 5.65 Å². The number of nitrogens with zero attached hydrogens (tertiary/aromatic N) is 5. The normalized spacial score (nSPS) is 16.9. The molecule has 5 rings (SSSR count). The first-order valence-corrected chi connectivity index (χ1v) is 14.3. The third kappa shape index (κ3) is 5.80. The van der Waals surface area contributed by atoms with E-state index in [9.17, 15) is 14.4 Å². The number of pyridine rings is 1. The fourth-order valence-corrected chi connectivity index (χ4v) is 5.78. The summed E-state index contributed by atoms with van der Waals surface area (Å²) < 4.78 is 1.83. The van der Waals surface area contributed by atoms with Crippen molar-refractivity contribution in [3.8, 4) is 11.1 Å². The summed E-state index contributed by atoms with van der Waals surface area (Å²) in [7, 11) is 0. The van der Waals surface area contributed by atoms with Crippen LogP contribution in [0.1, 0.15) is 58.1 Å². The quantitative estimate of drug-likeness (QED) is 0.502. The zero-order valence-corrected chi connectivity index (χ0v) is 23.8. The Bertz CT molecular complexity index is 1450. The van der Waals surface area contributed by atoms with E-state index >= 15 is 0 Å². The molecule has 2 saturated heterocycles. The highest BCUT2D eigenvalue weighted by Gasteiger charge is 2.27. The van der Waals surface area contributed by atoms with Crippen molar-refractivity contribution < 1.29 is 9.59 Å². The Morgan fingerprint density at radius 3 is 2.30 bits per heavy atom. The number of anilines is 1. The van der Waals surface area contributed by atoms with Crippen molar-refractivity contribution >= 4 is 28.9 Å². The molecule has 10 heteroatoms. The van der Waals surface area contributed by atoms with Gasteiger partial charge in [-0.15, -0.1) is 0 Å². The van der Waals surface area contributed by atoms with Crippen molar-refractivity contribution in [3.63, 3.8) is 0 Å². The van der Waals surface area contributed by atoms with Gasteiger partial charge in [-0.3, -0.25) is 14.2 Å². The summed E-state index contributed by atoms with van der Waals surface area (Å²) in [6, 6.07) is 9.94. The number of benzene rings is 1. The number of urea groups is 1. The average molecular weight is 546 g/mol. The van der Waals surface area contributed by atoms with E-state index in [0.717, 1.165) is 29.4 Å². The third-order valence-electron chi connectivity index (χ3n) is 8.01. The zero-order chi connectivity index (χ0) is 28.4. The summed E-state index contributed by atoms with van der Waals surface area (Å²) in [5.74, 6) is 0.543. The summed E-state index contributed by atoms with van der Waals surface area (Å²) >= 11 is 0. The van der Waals surface area contributed by atoms with E-state index in [1.165, 1.54) is 0 Å². The summed E-state index contributed by atoms with van der Waals surface area (Å²) in [6.07, 6.45) is 4.74. The molecule has 2 aliphatic rings. The Balaban J connectivity index is 1.45. The standard InChI is InChI=1S/C30H39N7O3/c1-19(2)32-30(40)36-13-9-23(10-14-36)33-29-31-18-22-17-26(25-8-6-5-7-20(25)3)28(39)37(27(22)34-29)24-11-15-35(16-12-24)21(4)38/h5-8,17-19,23-24H,9-16H2,1-4H3,(H,32,40)(H,31,33,34). The number of aromatic nitrogens is 3. The summed E-state index contributed by atoms with van der Waals surface area (Å²) in [6.45, 7) is 10.1. The van der Waals surface area contributed by atoms with Crippen molar-refractivity contribution in [3.05, 3.63) is 52.4 Å². The molecule has 3 aromatic rings. The maximum absolute atomic E-state index is 14.1. The molecule has 40 heavy (non-hydrogen) atoms. The van der Waals surface area contributed by atoms with Crippen LogP contribution in [0.4, 0.5) is 10.7 Å². The largest absolute Gasteiger partial charge is 0.351 e. The maximum atomic E-state index is 14.1. The SMILES string of the molecule is CC(=O)N1CCC(n2c(=O)c(-c3ccccc3C)cc3cnc(NC4CCN(C(=O)NC(C)C)CC4)nc32)CC1. The third-order valence-corrected chi connectivity index (χ3v) is 8.01. The molecule has 0 bridgehead atoms. The van der Waals surface area contributed by atoms with E-state index in [1.54, 1.807) is 13.1 Å². The number of hydrogen-bond donors (Lipinski definition) is 2. The van der Waals surface area contributed by atoms with Gasteiger partial charge in [0, 0.05) is 68.4 Å². The van der Waals surface area contributed by atoms with Gasteiger partial charge in [0.05, 0.1) is 0 Å². The second-order valence-electron chi connectivity index (χ2n) is 11.3. The number of aryl methyl sites for hydroxylation is 1. The van der Waals surface area contributed by atoms with Crippen molar-refractivity contribution in [2.45, 2.75) is 71.5 Å². The van der Waals surface area contributed by atoms with E-state index in [4.69, 9.17) is 4.98 Å². The number of rotatable bonds is 5. The second kappa shape index (κ2) is 11.7. The highest BCUT2D eigenvalue weighted by Crippen LogP contribution is 2.29. The molecule has 0 spiro atoms. The molecule has 1 aromatic carbocycles. The molecule has 212 valence electrons. The number of carbonyl (C=O) groups is 2. The van der Waals surface area contributed by atoms with Gasteiger partial charge in [-0.05, 0) is 63.6 Å². The molecular formula is C30H39N7O3. The molecule has 0 atom stereocenters. The van der Waals surface area contributed by atoms with Gasteiger partial charge in [0.15, 0.2) is 0 Å². The molecule has 0 unspecified atom stereocenters. The van der Waals surface area contributed by atoms with Gasteiger partial charge in [-0.1, -0.05) is 24.3 Å². The number of likely N-dealkylation sites (tertiary alicyclic amines) is 2. The van der Waals surface area contributed by atoms with Gasteiger partial charge in [0.25, 0.3) is 5.56 Å². The number of amides is 3. The number of carbonyl (C=O) groups excluding carboxylic acids is 2. The first-order chi connectivity index (χ1) is 19.2. The van der Waals surface area contributed by atoms with Gasteiger partial charge >= 0.3 is 6.03 Å². The fourth-order valence-electron chi connectivity index (χ4n) is 5.78. The van der Waals surface area contributed by atoms with Crippen LogP contribution in [-0.4, -0.2) is 74.5 Å². The number of fused-ring (bicyclic) bond motifs is 1. The Morgan fingerprint density at radius 1 is 0.975 bits per heavy atom. The predicted octanol–water partition coefficient (Wildman–Crippen LogP) is 3.94. The summed E-state index contributed by atoms with van der Waals surface area (Å²) in [5.41, 5.74) is 3.10. The highest BCUT2D eigenvalue weighted by molar-refractivity contribution is 5.82. The second-order valence-corrected chi connectivity index (χ2v) is 11.3. The lowest BCUT2D eigenvalue weighted by atomic mass is 9.99. The van der Waals surface area contributed by atoms with E-state index in [-0.39, 0.29) is 35.6 Å². The lowest BCUT2D eigenvalue weighted by molar-refractivity contribution is -0.130. The molecule has 2 fully saturated rings. The number of hydrogen-bond acceptors (Lipinski definition) is 6. The van der Waals surface area contributed by atoms with E-state index in [2.05, 4.69) is 15.6 Å². The highest BCUT2D eigenvalue weighted by atomic mass is 16.2. The van der Waals surface area contributed by atoms with Gasteiger partial charge < -0.3 is 20.4 Å². The minimum Gasteiger partial charge on any atom is -0.351 e. The monoisotopic (exact) mass is 545 g/mol. The summed E-state index contributed by atoms with van der Waals surface area (Å²) in [5, 5.41) is 7.21. The first-order valence-electron chi connectivity index (χ1n) is 14.3. The number of nitrogens with one attached hydrogen (secondary N) is 2. The lowest BCUT2D eigenvalue weighted by Crippen LogP contribution is -2.48. The molecule has 3 amide bonds. The lowest BCUT2D eigenvalue weighted by Gasteiger charge is -2.33. The number of piperidine rings is 2. The molecule has 10 nitrogen and oxygen atoms in total. The molecular weight excluding hydrogens is 506 g/mol. The van der Waals surface area contributed by atoms with E-state index in [0.29, 0.717) is 56.2 Å². The minimum absolute atomic E-state index is 0.0281. The molecule has 0 saturated carbocycles. The van der Waals surface area contributed by atoms with Crippen molar-refractivity contribution in [1.29, 1.82) is 0 Å². The summed E-state index contributed by atoms with van der Waals surface area (Å²) in [4.78, 5) is 51.6.